The van der Waals surface area contributed by atoms with Crippen LogP contribution in [0.1, 0.15) is 21.5 Å². The standard InChI is InChI=1S/C34H32ClN3O6S/c1-21-10-11-25(18-27(21)35)36-32(39)20-45-26-14-12-24(13-15-26)37-34(41)28(38-33(40)22-8-6-5-7-9-22)16-23-17-30(43-3)31(44-4)19-29(23)42-2/h5-19H,20H2,1-4H3,(H,36,39)(H,37,41)(H,38,40)/b28-16-. The summed E-state index contributed by atoms with van der Waals surface area (Å²) in [5.41, 5.74) is 2.88. The molecule has 4 aromatic rings. The first-order chi connectivity index (χ1) is 21.7. The van der Waals surface area contributed by atoms with Gasteiger partial charge in [0.05, 0.1) is 27.1 Å². The molecule has 0 heterocycles. The van der Waals surface area contributed by atoms with Crippen LogP contribution in [-0.4, -0.2) is 44.8 Å². The molecular weight excluding hydrogens is 614 g/mol. The summed E-state index contributed by atoms with van der Waals surface area (Å²) in [4.78, 5) is 39.8. The Morgan fingerprint density at radius 2 is 1.42 bits per heavy atom. The van der Waals surface area contributed by atoms with Crippen LogP contribution >= 0.6 is 23.4 Å². The molecule has 0 unspecified atom stereocenters. The molecule has 0 spiro atoms. The molecule has 0 aromatic heterocycles. The molecule has 4 rings (SSSR count). The number of aryl methyl sites for hydroxylation is 1. The van der Waals surface area contributed by atoms with Gasteiger partial charge in [0.2, 0.25) is 5.91 Å². The second-order valence-corrected chi connectivity index (χ2v) is 11.1. The van der Waals surface area contributed by atoms with Crippen molar-refractivity contribution in [3.63, 3.8) is 0 Å². The number of hydrogen-bond acceptors (Lipinski definition) is 7. The zero-order valence-corrected chi connectivity index (χ0v) is 26.7. The van der Waals surface area contributed by atoms with Gasteiger partial charge in [-0.05, 0) is 73.2 Å². The number of hydrogen-bond donors (Lipinski definition) is 3. The molecule has 9 nitrogen and oxygen atoms in total. The molecule has 3 amide bonds. The van der Waals surface area contributed by atoms with Crippen molar-refractivity contribution in [3.05, 3.63) is 112 Å². The number of nitrogens with one attached hydrogen (secondary N) is 3. The molecule has 0 saturated carbocycles. The number of amides is 3. The zero-order valence-electron chi connectivity index (χ0n) is 25.1. The van der Waals surface area contributed by atoms with E-state index in [1.165, 1.54) is 39.2 Å². The molecule has 232 valence electrons. The first-order valence-electron chi connectivity index (χ1n) is 13.7. The second kappa shape index (κ2) is 15.7. The molecule has 0 saturated heterocycles. The van der Waals surface area contributed by atoms with Crippen LogP contribution in [-0.2, 0) is 9.59 Å². The molecule has 0 aliphatic heterocycles. The Labute approximate surface area is 270 Å². The monoisotopic (exact) mass is 645 g/mol. The number of anilines is 2. The summed E-state index contributed by atoms with van der Waals surface area (Å²) in [7, 11) is 4.49. The normalized spacial score (nSPS) is 10.9. The van der Waals surface area contributed by atoms with Gasteiger partial charge in [0.15, 0.2) is 11.5 Å². The predicted octanol–water partition coefficient (Wildman–Crippen LogP) is 6.81. The fraction of sp³-hybridized carbons (Fsp3) is 0.147. The van der Waals surface area contributed by atoms with Gasteiger partial charge in [-0.25, -0.2) is 0 Å². The molecule has 4 aromatic carbocycles. The van der Waals surface area contributed by atoms with Crippen molar-refractivity contribution in [2.45, 2.75) is 11.8 Å². The van der Waals surface area contributed by atoms with Crippen molar-refractivity contribution >= 4 is 58.5 Å². The van der Waals surface area contributed by atoms with E-state index in [9.17, 15) is 14.4 Å². The minimum atomic E-state index is -0.562. The van der Waals surface area contributed by atoms with Gasteiger partial charge in [0.1, 0.15) is 11.4 Å². The largest absolute Gasteiger partial charge is 0.496 e. The SMILES string of the molecule is COc1cc(OC)c(OC)cc1/C=C(\NC(=O)c1ccccc1)C(=O)Nc1ccc(SCC(=O)Nc2ccc(C)c(Cl)c2)cc1. The van der Waals surface area contributed by atoms with E-state index in [4.69, 9.17) is 25.8 Å². The van der Waals surface area contributed by atoms with Crippen LogP contribution in [0, 0.1) is 6.92 Å². The molecular formula is C34H32ClN3O6S. The number of halogens is 1. The first kappa shape index (κ1) is 33.0. The Morgan fingerprint density at radius 3 is 2.07 bits per heavy atom. The number of carbonyl (C=O) groups excluding carboxylic acids is 3. The highest BCUT2D eigenvalue weighted by Crippen LogP contribution is 2.35. The third-order valence-electron chi connectivity index (χ3n) is 6.50. The number of carbonyl (C=O) groups is 3. The average Bonchev–Trinajstić information content (AvgIpc) is 3.05. The highest BCUT2D eigenvalue weighted by Gasteiger charge is 2.18. The fourth-order valence-corrected chi connectivity index (χ4v) is 4.99. The maximum atomic E-state index is 13.5. The van der Waals surface area contributed by atoms with Gasteiger partial charge in [-0.2, -0.15) is 0 Å². The molecule has 0 fully saturated rings. The van der Waals surface area contributed by atoms with Crippen molar-refractivity contribution in [2.24, 2.45) is 0 Å². The number of rotatable bonds is 12. The van der Waals surface area contributed by atoms with Crippen LogP contribution in [0.3, 0.4) is 0 Å². The van der Waals surface area contributed by atoms with Crippen LogP contribution in [0.25, 0.3) is 6.08 Å². The van der Waals surface area contributed by atoms with E-state index < -0.39 is 11.8 Å². The summed E-state index contributed by atoms with van der Waals surface area (Å²) in [5, 5.41) is 8.95. The third-order valence-corrected chi connectivity index (χ3v) is 7.92. The van der Waals surface area contributed by atoms with Crippen molar-refractivity contribution in [1.29, 1.82) is 0 Å². The van der Waals surface area contributed by atoms with Crippen molar-refractivity contribution < 1.29 is 28.6 Å². The van der Waals surface area contributed by atoms with E-state index >= 15 is 0 Å². The van der Waals surface area contributed by atoms with Gasteiger partial charge in [0, 0.05) is 38.5 Å². The molecule has 3 N–H and O–H groups in total. The Balaban J connectivity index is 1.49. The van der Waals surface area contributed by atoms with Crippen molar-refractivity contribution in [3.8, 4) is 17.2 Å². The zero-order chi connectivity index (χ0) is 32.3. The minimum Gasteiger partial charge on any atom is -0.496 e. The number of benzene rings is 4. The van der Waals surface area contributed by atoms with Crippen molar-refractivity contribution in [1.82, 2.24) is 5.32 Å². The quantitative estimate of drug-likeness (QED) is 0.114. The van der Waals surface area contributed by atoms with Crippen LogP contribution in [0.2, 0.25) is 5.02 Å². The van der Waals surface area contributed by atoms with Crippen LogP contribution in [0.15, 0.2) is 95.5 Å². The predicted molar refractivity (Wildman–Crippen MR) is 179 cm³/mol. The smallest absolute Gasteiger partial charge is 0.272 e. The Bertz CT molecular complexity index is 1710. The molecule has 0 bridgehead atoms. The summed E-state index contributed by atoms with van der Waals surface area (Å²) in [6.45, 7) is 1.89. The maximum Gasteiger partial charge on any atom is 0.272 e. The van der Waals surface area contributed by atoms with E-state index in [2.05, 4.69) is 16.0 Å². The summed E-state index contributed by atoms with van der Waals surface area (Å²) in [6, 6.07) is 24.2. The maximum absolute atomic E-state index is 13.5. The van der Waals surface area contributed by atoms with Crippen LogP contribution in [0.5, 0.6) is 17.2 Å². The molecule has 0 aliphatic rings. The van der Waals surface area contributed by atoms with Gasteiger partial charge in [-0.3, -0.25) is 14.4 Å². The highest BCUT2D eigenvalue weighted by atomic mass is 35.5. The van der Waals surface area contributed by atoms with E-state index in [1.54, 1.807) is 78.9 Å². The lowest BCUT2D eigenvalue weighted by atomic mass is 10.1. The van der Waals surface area contributed by atoms with Gasteiger partial charge in [-0.15, -0.1) is 11.8 Å². The molecule has 45 heavy (non-hydrogen) atoms. The van der Waals surface area contributed by atoms with Crippen LogP contribution in [0.4, 0.5) is 11.4 Å². The molecule has 0 aliphatic carbocycles. The van der Waals surface area contributed by atoms with E-state index in [0.29, 0.717) is 44.8 Å². The van der Waals surface area contributed by atoms with E-state index in [-0.39, 0.29) is 17.4 Å². The topological polar surface area (TPSA) is 115 Å². The van der Waals surface area contributed by atoms with Gasteiger partial charge in [-0.1, -0.05) is 35.9 Å². The Kier molecular flexibility index (Phi) is 11.5. The molecule has 0 radical (unpaired) electrons. The minimum absolute atomic E-state index is 0.0271. The first-order valence-corrected chi connectivity index (χ1v) is 15.1. The summed E-state index contributed by atoms with van der Waals surface area (Å²) in [6.07, 6.45) is 1.50. The van der Waals surface area contributed by atoms with E-state index in [0.717, 1.165) is 10.5 Å². The summed E-state index contributed by atoms with van der Waals surface area (Å²) in [5.74, 6) is 0.253. The average molecular weight is 646 g/mol. The Hall–Kier alpha value is -4.93. The third kappa shape index (κ3) is 9.04. The van der Waals surface area contributed by atoms with Crippen LogP contribution < -0.4 is 30.2 Å². The molecule has 0 atom stereocenters. The fourth-order valence-electron chi connectivity index (χ4n) is 4.11. The van der Waals surface area contributed by atoms with Gasteiger partial charge < -0.3 is 30.2 Å². The summed E-state index contributed by atoms with van der Waals surface area (Å²) >= 11 is 7.49. The van der Waals surface area contributed by atoms with Crippen molar-refractivity contribution in [2.75, 3.05) is 37.7 Å². The van der Waals surface area contributed by atoms with Gasteiger partial charge in [0.25, 0.3) is 11.8 Å². The summed E-state index contributed by atoms with van der Waals surface area (Å²) < 4.78 is 16.3. The second-order valence-electron chi connectivity index (χ2n) is 9.61. The lowest BCUT2D eigenvalue weighted by molar-refractivity contribution is -0.114. The Morgan fingerprint density at radius 1 is 0.778 bits per heavy atom. The lowest BCUT2D eigenvalue weighted by Crippen LogP contribution is -2.30. The van der Waals surface area contributed by atoms with Gasteiger partial charge >= 0.3 is 0 Å². The van der Waals surface area contributed by atoms with E-state index in [1.807, 2.05) is 13.0 Å². The lowest BCUT2D eigenvalue weighted by Gasteiger charge is -2.15. The number of ether oxygens (including phenoxy) is 3. The number of thioether (sulfide) groups is 1. The number of methoxy groups -OCH3 is 3. The highest BCUT2D eigenvalue weighted by molar-refractivity contribution is 8.00. The molecule has 11 heteroatoms.